The molecular formula is C10H15BrN2O. The van der Waals surface area contributed by atoms with Crippen molar-refractivity contribution in [2.24, 2.45) is 0 Å². The molecule has 1 rings (SSSR count). The second-order valence-electron chi connectivity index (χ2n) is 3.79. The predicted octanol–water partition coefficient (Wildman–Crippen LogP) is 3.11. The molecule has 1 aromatic rings. The number of hydrogen-bond acceptors (Lipinski definition) is 3. The van der Waals surface area contributed by atoms with Gasteiger partial charge in [0.1, 0.15) is 11.4 Å². The first-order valence-electron chi connectivity index (χ1n) is 4.63. The van der Waals surface area contributed by atoms with Crippen molar-refractivity contribution >= 4 is 15.9 Å². The van der Waals surface area contributed by atoms with Crippen molar-refractivity contribution in [2.45, 2.75) is 39.7 Å². The smallest absolute Gasteiger partial charge is 0.231 e. The van der Waals surface area contributed by atoms with Crippen LogP contribution in [-0.2, 0) is 0 Å². The van der Waals surface area contributed by atoms with Gasteiger partial charge in [0.15, 0.2) is 0 Å². The maximum absolute atomic E-state index is 5.76. The van der Waals surface area contributed by atoms with Gasteiger partial charge in [-0.1, -0.05) is 6.92 Å². The maximum atomic E-state index is 5.76. The molecule has 0 N–H and O–H groups in total. The molecule has 0 aliphatic rings. The molecule has 0 spiro atoms. The van der Waals surface area contributed by atoms with Crippen LogP contribution in [0.25, 0.3) is 0 Å². The number of hydrogen-bond donors (Lipinski definition) is 0. The minimum atomic E-state index is -0.191. The Morgan fingerprint density at radius 1 is 1.50 bits per heavy atom. The fourth-order valence-electron chi connectivity index (χ4n) is 0.840. The van der Waals surface area contributed by atoms with E-state index < -0.39 is 0 Å². The molecule has 78 valence electrons. The Hall–Kier alpha value is -0.640. The van der Waals surface area contributed by atoms with Gasteiger partial charge in [0.25, 0.3) is 0 Å². The monoisotopic (exact) mass is 258 g/mol. The highest BCUT2D eigenvalue weighted by Crippen LogP contribution is 2.26. The van der Waals surface area contributed by atoms with Crippen LogP contribution in [0.4, 0.5) is 0 Å². The summed E-state index contributed by atoms with van der Waals surface area (Å²) in [5, 5.41) is 0. The highest BCUT2D eigenvalue weighted by atomic mass is 79.9. The Morgan fingerprint density at radius 3 is 2.71 bits per heavy atom. The molecule has 0 aliphatic heterocycles. The van der Waals surface area contributed by atoms with Gasteiger partial charge in [0, 0.05) is 6.20 Å². The van der Waals surface area contributed by atoms with Crippen LogP contribution < -0.4 is 4.74 Å². The van der Waals surface area contributed by atoms with Gasteiger partial charge < -0.3 is 4.74 Å². The average Bonchev–Trinajstić information content (AvgIpc) is 2.11. The lowest BCUT2D eigenvalue weighted by atomic mass is 10.1. The Morgan fingerprint density at radius 2 is 2.14 bits per heavy atom. The third-order valence-electron chi connectivity index (χ3n) is 2.06. The molecule has 14 heavy (non-hydrogen) atoms. The van der Waals surface area contributed by atoms with Crippen LogP contribution in [0.1, 0.15) is 33.0 Å². The lowest BCUT2D eigenvalue weighted by molar-refractivity contribution is 0.0974. The molecule has 0 unspecified atom stereocenters. The lowest BCUT2D eigenvalue weighted by Crippen LogP contribution is -2.27. The maximum Gasteiger partial charge on any atom is 0.231 e. The largest absolute Gasteiger partial charge is 0.471 e. The van der Waals surface area contributed by atoms with Crippen LogP contribution in [0.5, 0.6) is 5.88 Å². The zero-order valence-corrected chi connectivity index (χ0v) is 10.6. The Kier molecular flexibility index (Phi) is 3.48. The first-order chi connectivity index (χ1) is 6.44. The van der Waals surface area contributed by atoms with Crippen molar-refractivity contribution in [3.8, 4) is 5.88 Å². The Labute approximate surface area is 93.0 Å². The van der Waals surface area contributed by atoms with Crippen LogP contribution in [0.15, 0.2) is 10.7 Å². The summed E-state index contributed by atoms with van der Waals surface area (Å²) in [6, 6.07) is 0. The predicted molar refractivity (Wildman–Crippen MR) is 59.5 cm³/mol. The number of aryl methyl sites for hydroxylation is 1. The molecule has 0 amide bonds. The van der Waals surface area contributed by atoms with Crippen LogP contribution in [0.3, 0.4) is 0 Å². The number of aromatic nitrogens is 2. The molecule has 0 radical (unpaired) electrons. The average molecular weight is 259 g/mol. The van der Waals surface area contributed by atoms with Gasteiger partial charge in [0.05, 0.1) is 4.47 Å². The standard InChI is InChI=1S/C10H15BrN2O/c1-5-10(3,4)14-9-8(11)6-12-7(2)13-9/h6H,5H2,1-4H3. The van der Waals surface area contributed by atoms with E-state index in [1.165, 1.54) is 0 Å². The van der Waals surface area contributed by atoms with Gasteiger partial charge in [-0.3, -0.25) is 0 Å². The van der Waals surface area contributed by atoms with Crippen LogP contribution in [0, 0.1) is 6.92 Å². The van der Waals surface area contributed by atoms with Gasteiger partial charge in [-0.2, -0.15) is 4.98 Å². The van der Waals surface area contributed by atoms with E-state index in [9.17, 15) is 0 Å². The summed E-state index contributed by atoms with van der Waals surface area (Å²) < 4.78 is 6.56. The molecule has 3 nitrogen and oxygen atoms in total. The van der Waals surface area contributed by atoms with E-state index >= 15 is 0 Å². The Balaban J connectivity index is 2.91. The van der Waals surface area contributed by atoms with Crippen molar-refractivity contribution in [3.05, 3.63) is 16.5 Å². The van der Waals surface area contributed by atoms with E-state index in [1.54, 1.807) is 6.20 Å². The molecule has 0 saturated carbocycles. The summed E-state index contributed by atoms with van der Waals surface area (Å²) in [6.45, 7) is 8.01. The first kappa shape index (κ1) is 11.4. The summed E-state index contributed by atoms with van der Waals surface area (Å²) in [7, 11) is 0. The van der Waals surface area contributed by atoms with Gasteiger partial charge in [-0.25, -0.2) is 4.98 Å². The molecular weight excluding hydrogens is 244 g/mol. The summed E-state index contributed by atoms with van der Waals surface area (Å²) >= 11 is 3.36. The molecule has 4 heteroatoms. The SMILES string of the molecule is CCC(C)(C)Oc1nc(C)ncc1Br. The quantitative estimate of drug-likeness (QED) is 0.836. The van der Waals surface area contributed by atoms with E-state index in [1.807, 2.05) is 20.8 Å². The Bertz CT molecular complexity index is 326. The van der Waals surface area contributed by atoms with Crippen molar-refractivity contribution in [2.75, 3.05) is 0 Å². The number of halogens is 1. The first-order valence-corrected chi connectivity index (χ1v) is 5.42. The zero-order valence-electron chi connectivity index (χ0n) is 8.97. The highest BCUT2D eigenvalue weighted by molar-refractivity contribution is 9.10. The van der Waals surface area contributed by atoms with E-state index in [2.05, 4.69) is 32.8 Å². The van der Waals surface area contributed by atoms with Crippen molar-refractivity contribution in [1.82, 2.24) is 9.97 Å². The normalized spacial score (nSPS) is 11.5. The summed E-state index contributed by atoms with van der Waals surface area (Å²) in [6.07, 6.45) is 2.64. The molecule has 0 fully saturated rings. The van der Waals surface area contributed by atoms with Crippen molar-refractivity contribution in [1.29, 1.82) is 0 Å². The summed E-state index contributed by atoms with van der Waals surface area (Å²) in [5.41, 5.74) is -0.191. The fourth-order valence-corrected chi connectivity index (χ4v) is 1.11. The lowest BCUT2D eigenvalue weighted by Gasteiger charge is -2.24. The molecule has 0 aliphatic carbocycles. The van der Waals surface area contributed by atoms with Crippen LogP contribution in [0.2, 0.25) is 0 Å². The van der Waals surface area contributed by atoms with Crippen molar-refractivity contribution < 1.29 is 4.74 Å². The molecule has 0 saturated heterocycles. The van der Waals surface area contributed by atoms with E-state index in [4.69, 9.17) is 4.74 Å². The van der Waals surface area contributed by atoms with Gasteiger partial charge >= 0.3 is 0 Å². The molecule has 0 bridgehead atoms. The second-order valence-corrected chi connectivity index (χ2v) is 4.64. The van der Waals surface area contributed by atoms with Crippen LogP contribution >= 0.6 is 15.9 Å². The third kappa shape index (κ3) is 2.94. The summed E-state index contributed by atoms with van der Waals surface area (Å²) in [5.74, 6) is 1.33. The van der Waals surface area contributed by atoms with Crippen LogP contribution in [-0.4, -0.2) is 15.6 Å². The molecule has 0 aromatic carbocycles. The molecule has 0 atom stereocenters. The number of ether oxygens (including phenoxy) is 1. The number of nitrogens with zero attached hydrogens (tertiary/aromatic N) is 2. The minimum absolute atomic E-state index is 0.191. The van der Waals surface area contributed by atoms with E-state index in [-0.39, 0.29) is 5.60 Å². The van der Waals surface area contributed by atoms with Crippen molar-refractivity contribution in [3.63, 3.8) is 0 Å². The molecule has 1 aromatic heterocycles. The number of rotatable bonds is 3. The zero-order chi connectivity index (χ0) is 10.8. The summed E-state index contributed by atoms with van der Waals surface area (Å²) in [4.78, 5) is 8.28. The van der Waals surface area contributed by atoms with E-state index in [0.717, 1.165) is 16.7 Å². The topological polar surface area (TPSA) is 35.0 Å². The highest BCUT2D eigenvalue weighted by Gasteiger charge is 2.19. The van der Waals surface area contributed by atoms with E-state index in [0.29, 0.717) is 5.88 Å². The van der Waals surface area contributed by atoms with Gasteiger partial charge in [-0.05, 0) is 43.1 Å². The second kappa shape index (κ2) is 4.26. The van der Waals surface area contributed by atoms with Gasteiger partial charge in [0.2, 0.25) is 5.88 Å². The van der Waals surface area contributed by atoms with Gasteiger partial charge in [-0.15, -0.1) is 0 Å². The fraction of sp³-hybridized carbons (Fsp3) is 0.600. The third-order valence-corrected chi connectivity index (χ3v) is 2.60. The molecule has 1 heterocycles. The minimum Gasteiger partial charge on any atom is -0.471 e.